The van der Waals surface area contributed by atoms with Crippen LogP contribution in [0, 0.1) is 4.78 Å². The predicted octanol–water partition coefficient (Wildman–Crippen LogP) is 3.44. The Balaban J connectivity index is 1.90. The Morgan fingerprint density at radius 2 is 2.04 bits per heavy atom. The summed E-state index contributed by atoms with van der Waals surface area (Å²) in [5, 5.41) is 11.0. The van der Waals surface area contributed by atoms with Gasteiger partial charge < -0.3 is 15.0 Å². The van der Waals surface area contributed by atoms with Gasteiger partial charge in [0.05, 0.1) is 15.8 Å². The molecule has 2 atom stereocenters. The zero-order valence-electron chi connectivity index (χ0n) is 14.0. The molecule has 0 saturated carbocycles. The van der Waals surface area contributed by atoms with Crippen molar-refractivity contribution in [1.29, 1.82) is 4.78 Å². The molecular formula is C19H21N3O2S. The summed E-state index contributed by atoms with van der Waals surface area (Å²) in [4.78, 5) is 6.09. The van der Waals surface area contributed by atoms with Gasteiger partial charge in [-0.15, -0.1) is 0 Å². The Morgan fingerprint density at radius 3 is 2.72 bits per heavy atom. The minimum Gasteiger partial charge on any atom is -0.391 e. The van der Waals surface area contributed by atoms with Crippen LogP contribution < -0.4 is 4.90 Å². The quantitative estimate of drug-likeness (QED) is 0.673. The minimum atomic E-state index is -2.80. The zero-order chi connectivity index (χ0) is 17.6. The number of rotatable bonds is 3. The first-order valence-corrected chi connectivity index (χ1v) is 10.3. The summed E-state index contributed by atoms with van der Waals surface area (Å²) < 4.78 is 20.1. The fourth-order valence-corrected chi connectivity index (χ4v) is 4.10. The average Bonchev–Trinajstić information content (AvgIpc) is 3.19. The highest BCUT2D eigenvalue weighted by Gasteiger charge is 2.24. The van der Waals surface area contributed by atoms with Crippen molar-refractivity contribution < 1.29 is 9.32 Å². The lowest BCUT2D eigenvalue weighted by molar-refractivity contribution is 0.198. The summed E-state index contributed by atoms with van der Waals surface area (Å²) in [6.07, 6.45) is 1.87. The molecule has 1 fully saturated rings. The summed E-state index contributed by atoms with van der Waals surface area (Å²) in [5.74, 6) is 0. The molecule has 3 N–H and O–H groups in total. The molecule has 4 rings (SSSR count). The lowest BCUT2D eigenvalue weighted by Crippen LogP contribution is -2.22. The van der Waals surface area contributed by atoms with E-state index >= 15 is 0 Å². The van der Waals surface area contributed by atoms with Crippen LogP contribution in [0.4, 0.5) is 5.69 Å². The van der Waals surface area contributed by atoms with Gasteiger partial charge in [0, 0.05) is 52.1 Å². The van der Waals surface area contributed by atoms with Crippen molar-refractivity contribution in [2.24, 2.45) is 0 Å². The molecule has 1 aliphatic heterocycles. The number of aliphatic hydroxyl groups is 1. The second kappa shape index (κ2) is 5.89. The topological polar surface area (TPSA) is 80.2 Å². The van der Waals surface area contributed by atoms with Gasteiger partial charge in [-0.1, -0.05) is 18.2 Å². The maximum absolute atomic E-state index is 12.2. The molecule has 0 amide bonds. The number of H-pyrrole nitrogens is 1. The van der Waals surface area contributed by atoms with Crippen LogP contribution in [0.5, 0.6) is 0 Å². The fourth-order valence-electron chi connectivity index (χ4n) is 3.43. The molecule has 6 heteroatoms. The Hall–Kier alpha value is -2.31. The van der Waals surface area contributed by atoms with E-state index in [-0.39, 0.29) is 6.10 Å². The number of aliphatic hydroxyl groups excluding tert-OH is 1. The first-order valence-electron chi connectivity index (χ1n) is 8.31. The zero-order valence-corrected chi connectivity index (χ0v) is 14.8. The molecular weight excluding hydrogens is 334 g/mol. The van der Waals surface area contributed by atoms with Crippen molar-refractivity contribution in [3.8, 4) is 11.3 Å². The molecule has 0 bridgehead atoms. The van der Waals surface area contributed by atoms with Gasteiger partial charge in [0.25, 0.3) is 0 Å². The molecule has 0 spiro atoms. The van der Waals surface area contributed by atoms with E-state index in [0.29, 0.717) is 11.4 Å². The van der Waals surface area contributed by atoms with Gasteiger partial charge in [-0.2, -0.15) is 0 Å². The molecule has 130 valence electrons. The van der Waals surface area contributed by atoms with Crippen LogP contribution in [-0.4, -0.2) is 39.7 Å². The Morgan fingerprint density at radius 1 is 1.24 bits per heavy atom. The number of benzene rings is 2. The van der Waals surface area contributed by atoms with Gasteiger partial charge in [-0.3, -0.25) is 0 Å². The van der Waals surface area contributed by atoms with Gasteiger partial charge in [0.1, 0.15) is 0 Å². The van der Waals surface area contributed by atoms with Crippen LogP contribution in [0.3, 0.4) is 0 Å². The minimum absolute atomic E-state index is 0.318. The smallest absolute Gasteiger partial charge is 0.0731 e. The molecule has 5 nitrogen and oxygen atoms in total. The van der Waals surface area contributed by atoms with E-state index in [9.17, 15) is 9.32 Å². The molecule has 0 aliphatic carbocycles. The van der Waals surface area contributed by atoms with Crippen molar-refractivity contribution >= 4 is 26.3 Å². The van der Waals surface area contributed by atoms with E-state index in [1.165, 1.54) is 6.26 Å². The second-order valence-corrected chi connectivity index (χ2v) is 8.84. The number of fused-ring (bicyclic) bond motifs is 1. The molecule has 25 heavy (non-hydrogen) atoms. The van der Waals surface area contributed by atoms with Crippen LogP contribution in [0.2, 0.25) is 0 Å². The van der Waals surface area contributed by atoms with Gasteiger partial charge in [-0.05, 0) is 36.8 Å². The van der Waals surface area contributed by atoms with Gasteiger partial charge >= 0.3 is 0 Å². The average molecular weight is 355 g/mol. The molecule has 1 saturated heterocycles. The first kappa shape index (κ1) is 16.2. The van der Waals surface area contributed by atoms with Gasteiger partial charge in [-0.25, -0.2) is 8.99 Å². The van der Waals surface area contributed by atoms with Gasteiger partial charge in [0.15, 0.2) is 0 Å². The number of hydrogen-bond acceptors (Lipinski definition) is 4. The summed E-state index contributed by atoms with van der Waals surface area (Å²) in [6.45, 7) is 1.38. The van der Waals surface area contributed by atoms with E-state index in [0.717, 1.165) is 40.8 Å². The first-order chi connectivity index (χ1) is 11.9. The van der Waals surface area contributed by atoms with Crippen molar-refractivity contribution in [3.63, 3.8) is 0 Å². The number of hydrogen-bond donors (Lipinski definition) is 3. The Bertz CT molecular complexity index is 1010. The van der Waals surface area contributed by atoms with Crippen LogP contribution in [0.25, 0.3) is 22.2 Å². The number of anilines is 1. The van der Waals surface area contributed by atoms with E-state index in [1.807, 2.05) is 36.4 Å². The Kier molecular flexibility index (Phi) is 3.81. The third kappa shape index (κ3) is 3.03. The van der Waals surface area contributed by atoms with E-state index in [4.69, 9.17) is 4.78 Å². The number of para-hydroxylation sites is 1. The van der Waals surface area contributed by atoms with Crippen molar-refractivity contribution in [3.05, 3.63) is 48.5 Å². The highest BCUT2D eigenvalue weighted by molar-refractivity contribution is 7.91. The van der Waals surface area contributed by atoms with Crippen molar-refractivity contribution in [2.45, 2.75) is 17.4 Å². The molecule has 2 heterocycles. The molecule has 2 aromatic carbocycles. The number of aromatic amines is 1. The summed E-state index contributed by atoms with van der Waals surface area (Å²) >= 11 is 0. The monoisotopic (exact) mass is 355 g/mol. The third-order valence-corrected chi connectivity index (χ3v) is 5.90. The maximum Gasteiger partial charge on any atom is 0.0731 e. The van der Waals surface area contributed by atoms with E-state index in [1.54, 1.807) is 6.07 Å². The lowest BCUT2D eigenvalue weighted by Gasteiger charge is -2.22. The maximum atomic E-state index is 12.2. The number of β-amino-alcohol motifs (C(OH)–C–C–N with tert-alkyl or cyclic N) is 1. The normalized spacial score (nSPS) is 20.1. The van der Waals surface area contributed by atoms with E-state index in [2.05, 4.69) is 16.0 Å². The fraction of sp³-hybridized carbons (Fsp3) is 0.263. The van der Waals surface area contributed by atoms with Crippen molar-refractivity contribution in [1.82, 2.24) is 4.98 Å². The second-order valence-electron chi connectivity index (χ2n) is 6.68. The van der Waals surface area contributed by atoms with Crippen LogP contribution in [-0.2, 0) is 9.73 Å². The molecule has 3 aromatic rings. The molecule has 1 unspecified atom stereocenters. The number of aromatic nitrogens is 1. The predicted molar refractivity (Wildman–Crippen MR) is 102 cm³/mol. The SMILES string of the molecule is CS(=N)(=O)c1ccc(N2CC[C@H](O)C2)c(-c2cc3ccccc3[nH]2)c1. The Labute approximate surface area is 147 Å². The molecule has 1 aliphatic rings. The standard InChI is InChI=1S/C19H21N3O2S/c1-25(20,24)15-6-7-19(22-9-8-14(23)12-22)16(11-15)18-10-13-4-2-3-5-17(13)21-18/h2-7,10-11,14,20-21,23H,8-9,12H2,1H3/t14-,25?/m0/s1. The van der Waals surface area contributed by atoms with Crippen LogP contribution in [0.1, 0.15) is 6.42 Å². The molecule has 1 aromatic heterocycles. The van der Waals surface area contributed by atoms with E-state index < -0.39 is 9.73 Å². The number of nitrogens with zero attached hydrogens (tertiary/aromatic N) is 1. The van der Waals surface area contributed by atoms with Crippen LogP contribution >= 0.6 is 0 Å². The largest absolute Gasteiger partial charge is 0.391 e. The number of nitrogens with one attached hydrogen (secondary N) is 2. The third-order valence-electron chi connectivity index (χ3n) is 4.74. The van der Waals surface area contributed by atoms with Crippen LogP contribution in [0.15, 0.2) is 53.4 Å². The van der Waals surface area contributed by atoms with Crippen molar-refractivity contribution in [2.75, 3.05) is 24.2 Å². The summed E-state index contributed by atoms with van der Waals surface area (Å²) in [7, 11) is -2.80. The summed E-state index contributed by atoms with van der Waals surface area (Å²) in [6, 6.07) is 15.7. The highest BCUT2D eigenvalue weighted by atomic mass is 32.2. The summed E-state index contributed by atoms with van der Waals surface area (Å²) in [5.41, 5.74) is 3.89. The van der Waals surface area contributed by atoms with Gasteiger partial charge in [0.2, 0.25) is 0 Å². The molecule has 0 radical (unpaired) electrons. The lowest BCUT2D eigenvalue weighted by atomic mass is 10.1. The highest BCUT2D eigenvalue weighted by Crippen LogP contribution is 2.36.